The molecule has 0 N–H and O–H groups in total. The fraction of sp³-hybridized carbons (Fsp3) is 0.394. The molecule has 0 aromatic heterocycles. The highest BCUT2D eigenvalue weighted by Gasteiger charge is 2.23. The average Bonchev–Trinajstić information content (AvgIpc) is 2.94. The third-order valence-electron chi connectivity index (χ3n) is 7.40. The van der Waals surface area contributed by atoms with Gasteiger partial charge in [0, 0.05) is 5.56 Å². The molecule has 0 saturated heterocycles. The van der Waals surface area contributed by atoms with Crippen molar-refractivity contribution in [2.45, 2.75) is 71.1 Å². The van der Waals surface area contributed by atoms with Gasteiger partial charge in [-0.3, -0.25) is 0 Å². The van der Waals surface area contributed by atoms with E-state index in [2.05, 4.69) is 31.2 Å². The van der Waals surface area contributed by atoms with Crippen LogP contribution in [-0.2, 0) is 6.42 Å². The largest absolute Gasteiger partial charge is 0.493 e. The summed E-state index contributed by atoms with van der Waals surface area (Å²) < 4.78 is 40.1. The second-order valence-corrected chi connectivity index (χ2v) is 10.1. The zero-order valence-corrected chi connectivity index (χ0v) is 22.0. The molecule has 0 atom stereocenters. The molecule has 0 heterocycles. The summed E-state index contributed by atoms with van der Waals surface area (Å²) in [5.41, 5.74) is 3.72. The van der Waals surface area contributed by atoms with Crippen molar-refractivity contribution in [3.05, 3.63) is 95.8 Å². The van der Waals surface area contributed by atoms with Crippen LogP contribution in [0.2, 0.25) is 0 Å². The highest BCUT2D eigenvalue weighted by Crippen LogP contribution is 2.36. The molecule has 3 aromatic rings. The lowest BCUT2D eigenvalue weighted by Crippen LogP contribution is -2.19. The first-order valence-electron chi connectivity index (χ1n) is 13.7. The lowest BCUT2D eigenvalue weighted by Gasteiger charge is -2.29. The Kier molecular flexibility index (Phi) is 9.76. The first kappa shape index (κ1) is 26.9. The molecule has 0 bridgehead atoms. The van der Waals surface area contributed by atoms with Gasteiger partial charge in [0.05, 0.1) is 12.9 Å². The minimum absolute atomic E-state index is 0.131. The molecule has 4 heteroatoms. The van der Waals surface area contributed by atoms with Crippen LogP contribution in [0.3, 0.4) is 0 Å². The van der Waals surface area contributed by atoms with Crippen LogP contribution in [0.1, 0.15) is 75.8 Å². The van der Waals surface area contributed by atoms with Crippen molar-refractivity contribution < 1.29 is 18.3 Å². The van der Waals surface area contributed by atoms with E-state index in [4.69, 9.17) is 9.47 Å². The van der Waals surface area contributed by atoms with Crippen molar-refractivity contribution in [2.75, 3.05) is 6.61 Å². The van der Waals surface area contributed by atoms with Gasteiger partial charge in [-0.15, -0.1) is 0 Å². The molecule has 37 heavy (non-hydrogen) atoms. The van der Waals surface area contributed by atoms with Crippen molar-refractivity contribution in [3.63, 3.8) is 0 Å². The normalized spacial score (nSPS) is 17.7. The highest BCUT2D eigenvalue weighted by atomic mass is 19.2. The van der Waals surface area contributed by atoms with E-state index in [9.17, 15) is 8.78 Å². The van der Waals surface area contributed by atoms with Crippen LogP contribution in [0, 0.1) is 17.6 Å². The summed E-state index contributed by atoms with van der Waals surface area (Å²) in [4.78, 5) is 0. The van der Waals surface area contributed by atoms with Gasteiger partial charge in [0.25, 0.3) is 0 Å². The summed E-state index contributed by atoms with van der Waals surface area (Å²) in [7, 11) is 0. The van der Waals surface area contributed by atoms with Crippen molar-refractivity contribution in [3.8, 4) is 22.6 Å². The van der Waals surface area contributed by atoms with Crippen LogP contribution in [0.15, 0.2) is 73.0 Å². The van der Waals surface area contributed by atoms with Crippen LogP contribution in [0.4, 0.5) is 8.78 Å². The Morgan fingerprint density at radius 1 is 0.838 bits per heavy atom. The molecule has 0 unspecified atom stereocenters. The van der Waals surface area contributed by atoms with E-state index in [0.29, 0.717) is 24.0 Å². The standard InChI is InChI=1S/C33H38F2O2/c1-3-5-6-7-24-8-12-26(13-9-24)27-14-10-25(11-15-27)23-37-29-18-16-28(17-19-29)30-20-21-31(36-22-4-2)33(35)32(30)34/h4,8-9,12-13,16-22,25,27H,3,5-7,10-11,14-15,23H2,1-2H3/b22-4+. The Labute approximate surface area is 220 Å². The SMILES string of the molecule is C/C=C/Oc1ccc(-c2ccc(OCC3CCC(c4ccc(CCCCC)cc4)CC3)cc2)c(F)c1F. The van der Waals surface area contributed by atoms with Gasteiger partial charge in [-0.2, -0.15) is 4.39 Å². The summed E-state index contributed by atoms with van der Waals surface area (Å²) in [5, 5.41) is 0. The van der Waals surface area contributed by atoms with Gasteiger partial charge >= 0.3 is 0 Å². The van der Waals surface area contributed by atoms with E-state index in [1.165, 1.54) is 68.0 Å². The van der Waals surface area contributed by atoms with Crippen molar-refractivity contribution >= 4 is 0 Å². The second kappa shape index (κ2) is 13.4. The smallest absolute Gasteiger partial charge is 0.201 e. The summed E-state index contributed by atoms with van der Waals surface area (Å²) in [5.74, 6) is -0.106. The second-order valence-electron chi connectivity index (χ2n) is 10.1. The van der Waals surface area contributed by atoms with Crippen molar-refractivity contribution in [2.24, 2.45) is 5.92 Å². The summed E-state index contributed by atoms with van der Waals surface area (Å²) in [6.07, 6.45) is 12.7. The molecule has 1 aliphatic carbocycles. The molecule has 0 radical (unpaired) electrons. The summed E-state index contributed by atoms with van der Waals surface area (Å²) in [6.45, 7) is 4.67. The number of hydrogen-bond donors (Lipinski definition) is 0. The van der Waals surface area contributed by atoms with Crippen molar-refractivity contribution in [1.29, 1.82) is 0 Å². The maximum Gasteiger partial charge on any atom is 0.201 e. The maximum absolute atomic E-state index is 14.6. The molecule has 1 fully saturated rings. The van der Waals surface area contributed by atoms with E-state index in [1.807, 2.05) is 12.1 Å². The van der Waals surface area contributed by atoms with Gasteiger partial charge in [0.15, 0.2) is 11.6 Å². The Balaban J connectivity index is 1.26. The Hall–Kier alpha value is -3.14. The van der Waals surface area contributed by atoms with Crippen molar-refractivity contribution in [1.82, 2.24) is 0 Å². The summed E-state index contributed by atoms with van der Waals surface area (Å²) >= 11 is 0. The third kappa shape index (κ3) is 7.21. The number of unbranched alkanes of at least 4 members (excludes halogenated alkanes) is 2. The number of rotatable bonds is 11. The van der Waals surface area contributed by atoms with Crippen LogP contribution in [0.5, 0.6) is 11.5 Å². The Morgan fingerprint density at radius 3 is 2.24 bits per heavy atom. The monoisotopic (exact) mass is 504 g/mol. The van der Waals surface area contributed by atoms with Gasteiger partial charge in [-0.25, -0.2) is 4.39 Å². The quantitative estimate of drug-likeness (QED) is 0.191. The van der Waals surface area contributed by atoms with Gasteiger partial charge in [0.2, 0.25) is 5.82 Å². The molecule has 1 saturated carbocycles. The van der Waals surface area contributed by atoms with E-state index >= 15 is 0 Å². The first-order chi connectivity index (χ1) is 18.1. The van der Waals surface area contributed by atoms with E-state index < -0.39 is 11.6 Å². The molecule has 3 aromatic carbocycles. The molecule has 2 nitrogen and oxygen atoms in total. The minimum atomic E-state index is -0.991. The van der Waals surface area contributed by atoms with Crippen LogP contribution in [-0.4, -0.2) is 6.61 Å². The molecule has 196 valence electrons. The van der Waals surface area contributed by atoms with Gasteiger partial charge in [-0.1, -0.05) is 62.2 Å². The van der Waals surface area contributed by atoms with Gasteiger partial charge < -0.3 is 9.47 Å². The highest BCUT2D eigenvalue weighted by molar-refractivity contribution is 5.66. The van der Waals surface area contributed by atoms with E-state index in [-0.39, 0.29) is 11.3 Å². The lowest BCUT2D eigenvalue weighted by atomic mass is 9.79. The van der Waals surface area contributed by atoms with Gasteiger partial charge in [0.1, 0.15) is 5.75 Å². The molecular weight excluding hydrogens is 466 g/mol. The Morgan fingerprint density at radius 2 is 1.57 bits per heavy atom. The Bertz CT molecular complexity index is 1140. The number of aryl methyl sites for hydroxylation is 1. The first-order valence-corrected chi connectivity index (χ1v) is 13.7. The fourth-order valence-corrected chi connectivity index (χ4v) is 5.13. The maximum atomic E-state index is 14.6. The number of hydrogen-bond acceptors (Lipinski definition) is 2. The average molecular weight is 505 g/mol. The predicted molar refractivity (Wildman–Crippen MR) is 147 cm³/mol. The number of ether oxygens (including phenoxy) is 2. The van der Waals surface area contributed by atoms with Crippen LogP contribution in [0.25, 0.3) is 11.1 Å². The molecule has 1 aliphatic rings. The number of halogens is 2. The van der Waals surface area contributed by atoms with E-state index in [0.717, 1.165) is 18.6 Å². The molecule has 0 spiro atoms. The molecule has 4 rings (SSSR count). The molecule has 0 amide bonds. The fourth-order valence-electron chi connectivity index (χ4n) is 5.13. The zero-order chi connectivity index (χ0) is 26.0. The third-order valence-corrected chi connectivity index (χ3v) is 7.40. The van der Waals surface area contributed by atoms with Gasteiger partial charge in [-0.05, 0) is 98.2 Å². The lowest BCUT2D eigenvalue weighted by molar-refractivity contribution is 0.200. The molecule has 0 aliphatic heterocycles. The topological polar surface area (TPSA) is 18.5 Å². The number of allylic oxidation sites excluding steroid dienone is 1. The number of benzene rings is 3. The van der Waals surface area contributed by atoms with E-state index in [1.54, 1.807) is 25.1 Å². The predicted octanol–water partition coefficient (Wildman–Crippen LogP) is 9.63. The van der Waals surface area contributed by atoms with Crippen LogP contribution < -0.4 is 9.47 Å². The zero-order valence-electron chi connectivity index (χ0n) is 22.0. The minimum Gasteiger partial charge on any atom is -0.493 e. The van der Waals surface area contributed by atoms with Crippen LogP contribution >= 0.6 is 0 Å². The molecular formula is C33H38F2O2. The summed E-state index contributed by atoms with van der Waals surface area (Å²) in [6, 6.07) is 19.5.